The average molecular weight is 280 g/mol. The highest BCUT2D eigenvalue weighted by atomic mass is 32.2. The summed E-state index contributed by atoms with van der Waals surface area (Å²) in [6.45, 7) is 0.804. The van der Waals surface area contributed by atoms with Crippen LogP contribution in [0.15, 0.2) is 6.20 Å². The van der Waals surface area contributed by atoms with Gasteiger partial charge in [-0.3, -0.25) is 4.79 Å². The largest absolute Gasteiger partial charge is 0.481 e. The molecule has 0 spiro atoms. The van der Waals surface area contributed by atoms with Crippen LogP contribution in [0.2, 0.25) is 0 Å². The number of hydrogen-bond donors (Lipinski definition) is 1. The molecule has 1 N–H and O–H groups in total. The van der Waals surface area contributed by atoms with Crippen LogP contribution >= 0.6 is 11.8 Å². The van der Waals surface area contributed by atoms with Crippen molar-refractivity contribution in [3.63, 3.8) is 0 Å². The van der Waals surface area contributed by atoms with Crippen LogP contribution in [0.4, 0.5) is 0 Å². The van der Waals surface area contributed by atoms with Gasteiger partial charge in [0.25, 0.3) is 0 Å². The Bertz CT molecular complexity index is 466. The molecule has 0 saturated carbocycles. The van der Waals surface area contributed by atoms with E-state index in [-0.39, 0.29) is 5.92 Å². The summed E-state index contributed by atoms with van der Waals surface area (Å²) in [5.74, 6) is 3.35. The summed E-state index contributed by atoms with van der Waals surface area (Å²) < 4.78 is 2.16. The number of nitrogens with zero attached hydrogens (tertiary/aromatic N) is 2. The van der Waals surface area contributed by atoms with Gasteiger partial charge in [-0.05, 0) is 43.1 Å². The van der Waals surface area contributed by atoms with Crippen molar-refractivity contribution >= 4 is 17.7 Å². The molecule has 1 aromatic heterocycles. The molecule has 2 aliphatic rings. The van der Waals surface area contributed by atoms with Gasteiger partial charge in [0.05, 0.1) is 11.6 Å². The van der Waals surface area contributed by atoms with Gasteiger partial charge in [-0.1, -0.05) is 0 Å². The van der Waals surface area contributed by atoms with E-state index in [2.05, 4.69) is 15.7 Å². The van der Waals surface area contributed by atoms with Crippen LogP contribution in [-0.4, -0.2) is 32.1 Å². The lowest BCUT2D eigenvalue weighted by Crippen LogP contribution is -2.25. The Morgan fingerprint density at radius 2 is 2.42 bits per heavy atom. The minimum Gasteiger partial charge on any atom is -0.481 e. The third-order valence-corrected chi connectivity index (χ3v) is 5.44. The van der Waals surface area contributed by atoms with Gasteiger partial charge < -0.3 is 9.67 Å². The number of imidazole rings is 1. The molecule has 3 heterocycles. The molecule has 0 radical (unpaired) electrons. The molecule has 2 unspecified atom stereocenters. The molecule has 4 nitrogen and oxygen atoms in total. The summed E-state index contributed by atoms with van der Waals surface area (Å²) in [4.78, 5) is 15.7. The molecule has 1 saturated heterocycles. The smallest absolute Gasteiger partial charge is 0.307 e. The lowest BCUT2D eigenvalue weighted by Gasteiger charge is -2.19. The summed E-state index contributed by atoms with van der Waals surface area (Å²) in [5.41, 5.74) is 1.16. The molecular formula is C14H20N2O2S. The molecular weight excluding hydrogens is 260 g/mol. The Kier molecular flexibility index (Phi) is 3.82. The van der Waals surface area contributed by atoms with Crippen LogP contribution in [0, 0.1) is 11.8 Å². The summed E-state index contributed by atoms with van der Waals surface area (Å²) in [6, 6.07) is 0. The first-order chi connectivity index (χ1) is 9.22. The summed E-state index contributed by atoms with van der Waals surface area (Å²) in [7, 11) is 0. The van der Waals surface area contributed by atoms with Crippen molar-refractivity contribution in [3.8, 4) is 0 Å². The van der Waals surface area contributed by atoms with Crippen LogP contribution in [0.1, 0.15) is 30.8 Å². The zero-order valence-electron chi connectivity index (χ0n) is 11.0. The van der Waals surface area contributed by atoms with Gasteiger partial charge in [0.15, 0.2) is 0 Å². The van der Waals surface area contributed by atoms with Gasteiger partial charge in [0, 0.05) is 19.2 Å². The minimum absolute atomic E-state index is 0.243. The molecule has 3 rings (SSSR count). The monoisotopic (exact) mass is 280 g/mol. The summed E-state index contributed by atoms with van der Waals surface area (Å²) in [6.07, 6.45) is 7.17. The van der Waals surface area contributed by atoms with Gasteiger partial charge >= 0.3 is 5.97 Å². The Labute approximate surface area is 117 Å². The van der Waals surface area contributed by atoms with Crippen LogP contribution in [0.25, 0.3) is 0 Å². The normalized spacial score (nSPS) is 26.9. The first-order valence-corrected chi connectivity index (χ1v) is 8.23. The first-order valence-electron chi connectivity index (χ1n) is 7.08. The number of rotatable bonds is 3. The van der Waals surface area contributed by atoms with Crippen LogP contribution in [0.3, 0.4) is 0 Å². The number of carbonyl (C=O) groups is 1. The van der Waals surface area contributed by atoms with E-state index in [4.69, 9.17) is 5.11 Å². The third kappa shape index (κ3) is 2.96. The van der Waals surface area contributed by atoms with E-state index in [0.717, 1.165) is 36.8 Å². The van der Waals surface area contributed by atoms with E-state index >= 15 is 0 Å². The quantitative estimate of drug-likeness (QED) is 0.922. The predicted molar refractivity (Wildman–Crippen MR) is 75.4 cm³/mol. The van der Waals surface area contributed by atoms with E-state index in [1.54, 1.807) is 0 Å². The lowest BCUT2D eigenvalue weighted by molar-refractivity contribution is -0.142. The van der Waals surface area contributed by atoms with Gasteiger partial charge in [-0.2, -0.15) is 11.8 Å². The molecule has 0 amide bonds. The molecule has 1 fully saturated rings. The number of carboxylic acids is 1. The maximum atomic E-state index is 11.0. The van der Waals surface area contributed by atoms with Crippen molar-refractivity contribution in [2.45, 2.75) is 38.6 Å². The highest BCUT2D eigenvalue weighted by Crippen LogP contribution is 2.27. The number of hydrogen-bond acceptors (Lipinski definition) is 3. The molecule has 2 atom stereocenters. The molecule has 104 valence electrons. The standard InChI is InChI=1S/C14H20N2O2S/c17-14(18)11-3-4-16-8-12(15-13(16)7-11)6-10-2-1-5-19-9-10/h8,10-11H,1-7,9H2,(H,17,18). The average Bonchev–Trinajstić information content (AvgIpc) is 2.80. The van der Waals surface area contributed by atoms with E-state index in [1.807, 2.05) is 11.8 Å². The van der Waals surface area contributed by atoms with Crippen molar-refractivity contribution in [2.75, 3.05) is 11.5 Å². The highest BCUT2D eigenvalue weighted by Gasteiger charge is 2.26. The summed E-state index contributed by atoms with van der Waals surface area (Å²) in [5, 5.41) is 9.09. The Hall–Kier alpha value is -0.970. The van der Waals surface area contributed by atoms with Crippen molar-refractivity contribution in [1.82, 2.24) is 9.55 Å². The van der Waals surface area contributed by atoms with Crippen molar-refractivity contribution < 1.29 is 9.90 Å². The fourth-order valence-electron chi connectivity index (χ4n) is 3.06. The molecule has 0 bridgehead atoms. The van der Waals surface area contributed by atoms with E-state index in [0.29, 0.717) is 6.42 Å². The topological polar surface area (TPSA) is 55.1 Å². The SMILES string of the molecule is O=C(O)C1CCn2cc(CC3CCCSC3)nc2C1. The number of fused-ring (bicyclic) bond motifs is 1. The molecule has 0 aromatic carbocycles. The molecule has 19 heavy (non-hydrogen) atoms. The highest BCUT2D eigenvalue weighted by molar-refractivity contribution is 7.99. The lowest BCUT2D eigenvalue weighted by atomic mass is 9.98. The second-order valence-electron chi connectivity index (χ2n) is 5.66. The van der Waals surface area contributed by atoms with Crippen LogP contribution < -0.4 is 0 Å². The second-order valence-corrected chi connectivity index (χ2v) is 6.81. The zero-order valence-corrected chi connectivity index (χ0v) is 11.9. The zero-order chi connectivity index (χ0) is 13.2. The first kappa shape index (κ1) is 13.0. The second kappa shape index (κ2) is 5.57. The Morgan fingerprint density at radius 1 is 1.53 bits per heavy atom. The molecule has 0 aliphatic carbocycles. The number of carboxylic acid groups (broad SMARTS) is 1. The van der Waals surface area contributed by atoms with E-state index < -0.39 is 5.97 Å². The maximum Gasteiger partial charge on any atom is 0.307 e. The predicted octanol–water partition coefficient (Wildman–Crippen LogP) is 2.22. The van der Waals surface area contributed by atoms with Crippen LogP contribution in [0.5, 0.6) is 0 Å². The number of aromatic nitrogens is 2. The molecule has 5 heteroatoms. The van der Waals surface area contributed by atoms with Gasteiger partial charge in [0.2, 0.25) is 0 Å². The van der Waals surface area contributed by atoms with Gasteiger partial charge in [-0.25, -0.2) is 4.98 Å². The minimum atomic E-state index is -0.681. The Balaban J connectivity index is 1.67. The molecule has 2 aliphatic heterocycles. The fourth-order valence-corrected chi connectivity index (χ4v) is 4.22. The molecule has 1 aromatic rings. The number of aryl methyl sites for hydroxylation is 1. The Morgan fingerprint density at radius 3 is 3.16 bits per heavy atom. The van der Waals surface area contributed by atoms with Crippen molar-refractivity contribution in [1.29, 1.82) is 0 Å². The number of thioether (sulfide) groups is 1. The van der Waals surface area contributed by atoms with Crippen molar-refractivity contribution in [3.05, 3.63) is 17.7 Å². The van der Waals surface area contributed by atoms with E-state index in [1.165, 1.54) is 24.3 Å². The van der Waals surface area contributed by atoms with Gasteiger partial charge in [0.1, 0.15) is 5.82 Å². The fraction of sp³-hybridized carbons (Fsp3) is 0.714. The van der Waals surface area contributed by atoms with Crippen molar-refractivity contribution in [2.24, 2.45) is 11.8 Å². The maximum absolute atomic E-state index is 11.0. The van der Waals surface area contributed by atoms with E-state index in [9.17, 15) is 4.79 Å². The van der Waals surface area contributed by atoms with Gasteiger partial charge in [-0.15, -0.1) is 0 Å². The summed E-state index contributed by atoms with van der Waals surface area (Å²) >= 11 is 2.05. The number of aliphatic carboxylic acids is 1. The van der Waals surface area contributed by atoms with Crippen LogP contribution in [-0.2, 0) is 24.2 Å². The third-order valence-electron chi connectivity index (χ3n) is 4.16.